The van der Waals surface area contributed by atoms with Gasteiger partial charge in [0.05, 0.1) is 25.6 Å². The van der Waals surface area contributed by atoms with Crippen molar-refractivity contribution in [3.05, 3.63) is 24.2 Å². The summed E-state index contributed by atoms with van der Waals surface area (Å²) in [6.45, 7) is 10.2. The molecule has 0 bridgehead atoms. The summed E-state index contributed by atoms with van der Waals surface area (Å²) in [6, 6.07) is 4.08. The maximum Gasteiger partial charge on any atom is 0.191 e. The summed E-state index contributed by atoms with van der Waals surface area (Å²) in [5.74, 6) is 2.33. The van der Waals surface area contributed by atoms with E-state index in [0.29, 0.717) is 19.1 Å². The first-order chi connectivity index (χ1) is 11.6. The lowest BCUT2D eigenvalue weighted by Crippen LogP contribution is -2.45. The van der Waals surface area contributed by atoms with E-state index in [9.17, 15) is 0 Å². The molecule has 1 aromatic rings. The molecule has 1 aromatic heterocycles. The fraction of sp³-hybridized carbons (Fsp3) is 0.722. The summed E-state index contributed by atoms with van der Waals surface area (Å²) in [5.41, 5.74) is 0. The van der Waals surface area contributed by atoms with E-state index in [2.05, 4.69) is 36.4 Å². The number of nitrogens with one attached hydrogen (secondary N) is 2. The highest BCUT2D eigenvalue weighted by Crippen LogP contribution is 2.08. The average Bonchev–Trinajstić information content (AvgIpc) is 3.24. The molecule has 6 nitrogen and oxygen atoms in total. The van der Waals surface area contributed by atoms with E-state index in [0.717, 1.165) is 44.3 Å². The van der Waals surface area contributed by atoms with Crippen molar-refractivity contribution in [3.8, 4) is 0 Å². The Morgan fingerprint density at radius 2 is 2.24 bits per heavy atom. The lowest BCUT2D eigenvalue weighted by Gasteiger charge is -2.20. The van der Waals surface area contributed by atoms with Gasteiger partial charge in [-0.2, -0.15) is 0 Å². The molecule has 1 aliphatic heterocycles. The van der Waals surface area contributed by atoms with Crippen LogP contribution in [0.15, 0.2) is 27.8 Å². The Balaban J connectivity index is 0.00000312. The topological polar surface area (TPSA) is 68.0 Å². The van der Waals surface area contributed by atoms with Gasteiger partial charge in [-0.3, -0.25) is 4.99 Å². The smallest absolute Gasteiger partial charge is 0.191 e. The first-order valence-corrected chi connectivity index (χ1v) is 8.90. The highest BCUT2D eigenvalue weighted by molar-refractivity contribution is 14.0. The molecule has 1 saturated heterocycles. The zero-order valence-electron chi connectivity index (χ0n) is 15.5. The lowest BCUT2D eigenvalue weighted by atomic mass is 10.2. The van der Waals surface area contributed by atoms with Crippen LogP contribution in [0.25, 0.3) is 0 Å². The highest BCUT2D eigenvalue weighted by Gasteiger charge is 2.17. The van der Waals surface area contributed by atoms with Crippen molar-refractivity contribution >= 4 is 29.9 Å². The molecule has 2 unspecified atom stereocenters. The molecule has 0 aromatic carbocycles. The first-order valence-electron chi connectivity index (χ1n) is 8.90. The average molecular weight is 465 g/mol. The summed E-state index contributed by atoms with van der Waals surface area (Å²) in [7, 11) is 0. The van der Waals surface area contributed by atoms with Gasteiger partial charge in [0.2, 0.25) is 0 Å². The van der Waals surface area contributed by atoms with E-state index < -0.39 is 0 Å². The van der Waals surface area contributed by atoms with Crippen molar-refractivity contribution < 1.29 is 13.9 Å². The van der Waals surface area contributed by atoms with E-state index in [1.807, 2.05) is 12.1 Å². The number of hydrogen-bond donors (Lipinski definition) is 2. The third kappa shape index (κ3) is 9.46. The van der Waals surface area contributed by atoms with Gasteiger partial charge in [-0.15, -0.1) is 24.0 Å². The molecule has 0 saturated carbocycles. The maximum atomic E-state index is 5.87. The van der Waals surface area contributed by atoms with Gasteiger partial charge in [-0.1, -0.05) is 13.8 Å². The first kappa shape index (κ1) is 22.2. The third-order valence-corrected chi connectivity index (χ3v) is 3.71. The Hall–Kier alpha value is -0.800. The normalized spacial score (nSPS) is 18.9. The Morgan fingerprint density at radius 1 is 1.40 bits per heavy atom. The number of guanidine groups is 1. The van der Waals surface area contributed by atoms with Gasteiger partial charge in [-0.05, 0) is 31.4 Å². The Bertz CT molecular complexity index is 474. The number of furan rings is 1. The molecule has 1 fully saturated rings. The van der Waals surface area contributed by atoms with Crippen molar-refractivity contribution in [3.63, 3.8) is 0 Å². The minimum Gasteiger partial charge on any atom is -0.469 e. The van der Waals surface area contributed by atoms with E-state index in [1.165, 1.54) is 0 Å². The van der Waals surface area contributed by atoms with Gasteiger partial charge in [0.1, 0.15) is 5.76 Å². The highest BCUT2D eigenvalue weighted by atomic mass is 127. The molecule has 2 heterocycles. The van der Waals surface area contributed by atoms with Crippen molar-refractivity contribution in [1.82, 2.24) is 10.6 Å². The van der Waals surface area contributed by atoms with Crippen LogP contribution < -0.4 is 10.6 Å². The number of halogens is 1. The fourth-order valence-electron chi connectivity index (χ4n) is 2.39. The van der Waals surface area contributed by atoms with Crippen LogP contribution >= 0.6 is 24.0 Å². The molecule has 2 N–H and O–H groups in total. The molecular weight excluding hydrogens is 433 g/mol. The van der Waals surface area contributed by atoms with Gasteiger partial charge in [0.15, 0.2) is 5.96 Å². The van der Waals surface area contributed by atoms with Gasteiger partial charge in [0.25, 0.3) is 0 Å². The summed E-state index contributed by atoms with van der Waals surface area (Å²) in [4.78, 5) is 4.65. The second-order valence-corrected chi connectivity index (χ2v) is 6.70. The van der Waals surface area contributed by atoms with Crippen LogP contribution in [0.2, 0.25) is 0 Å². The number of aliphatic imine (C=N–C) groups is 1. The van der Waals surface area contributed by atoms with Crippen LogP contribution in [0.4, 0.5) is 0 Å². The van der Waals surface area contributed by atoms with E-state index in [1.54, 1.807) is 6.26 Å². The summed E-state index contributed by atoms with van der Waals surface area (Å²) < 4.78 is 16.6. The van der Waals surface area contributed by atoms with Gasteiger partial charge >= 0.3 is 0 Å². The van der Waals surface area contributed by atoms with Gasteiger partial charge in [-0.25, -0.2) is 0 Å². The summed E-state index contributed by atoms with van der Waals surface area (Å²) in [5, 5.41) is 6.79. The molecule has 2 atom stereocenters. The fourth-order valence-corrected chi connectivity index (χ4v) is 2.39. The minimum atomic E-state index is 0. The second kappa shape index (κ2) is 12.5. The van der Waals surface area contributed by atoms with Crippen LogP contribution in [-0.2, 0) is 15.9 Å². The second-order valence-electron chi connectivity index (χ2n) is 6.70. The standard InChI is InChI=1S/C18H31N3O3.HI/c1-14(2)11-20-18(19-8-6-16-5-4-9-23-16)21-15(3)12-24-17-7-10-22-13-17;/h4-5,9,14-15,17H,6-8,10-13H2,1-3H3,(H2,19,20,21);1H. The molecule has 0 aliphatic carbocycles. The van der Waals surface area contributed by atoms with E-state index in [-0.39, 0.29) is 36.1 Å². The predicted molar refractivity (Wildman–Crippen MR) is 111 cm³/mol. The summed E-state index contributed by atoms with van der Waals surface area (Å²) in [6.07, 6.45) is 3.76. The molecule has 144 valence electrons. The predicted octanol–water partition coefficient (Wildman–Crippen LogP) is 2.83. The quantitative estimate of drug-likeness (QED) is 0.334. The Labute approximate surface area is 168 Å². The molecular formula is C18H32IN3O3. The van der Waals surface area contributed by atoms with Crippen molar-refractivity contribution in [2.24, 2.45) is 10.9 Å². The summed E-state index contributed by atoms with van der Waals surface area (Å²) >= 11 is 0. The minimum absolute atomic E-state index is 0. The van der Waals surface area contributed by atoms with Gasteiger partial charge < -0.3 is 24.5 Å². The molecule has 0 radical (unpaired) electrons. The third-order valence-electron chi connectivity index (χ3n) is 3.71. The van der Waals surface area contributed by atoms with Gasteiger partial charge in [0, 0.05) is 32.2 Å². The van der Waals surface area contributed by atoms with Crippen LogP contribution in [0.3, 0.4) is 0 Å². The largest absolute Gasteiger partial charge is 0.469 e. The number of hydrogen-bond acceptors (Lipinski definition) is 4. The van der Waals surface area contributed by atoms with E-state index in [4.69, 9.17) is 13.9 Å². The van der Waals surface area contributed by atoms with Crippen molar-refractivity contribution in [1.29, 1.82) is 0 Å². The van der Waals surface area contributed by atoms with Crippen LogP contribution in [-0.4, -0.2) is 51.0 Å². The molecule has 2 rings (SSSR count). The van der Waals surface area contributed by atoms with E-state index >= 15 is 0 Å². The Kier molecular flexibility index (Phi) is 11.2. The maximum absolute atomic E-state index is 5.87. The van der Waals surface area contributed by atoms with Crippen molar-refractivity contribution in [2.75, 3.05) is 32.9 Å². The zero-order valence-corrected chi connectivity index (χ0v) is 17.8. The van der Waals surface area contributed by atoms with Crippen LogP contribution in [0, 0.1) is 5.92 Å². The molecule has 1 aliphatic rings. The molecule has 0 amide bonds. The SMILES string of the molecule is CC(C)CN=C(NCCc1ccco1)NC(C)COC1CCOC1.I. The van der Waals surface area contributed by atoms with Crippen LogP contribution in [0.1, 0.15) is 33.0 Å². The van der Waals surface area contributed by atoms with Crippen molar-refractivity contribution in [2.45, 2.75) is 45.8 Å². The lowest BCUT2D eigenvalue weighted by molar-refractivity contribution is 0.0347. The molecule has 0 spiro atoms. The number of ether oxygens (including phenoxy) is 2. The zero-order chi connectivity index (χ0) is 17.2. The number of rotatable bonds is 9. The Morgan fingerprint density at radius 3 is 2.88 bits per heavy atom. The molecule has 25 heavy (non-hydrogen) atoms. The molecule has 7 heteroatoms. The number of nitrogens with zero attached hydrogens (tertiary/aromatic N) is 1. The van der Waals surface area contributed by atoms with Crippen LogP contribution in [0.5, 0.6) is 0 Å². The monoisotopic (exact) mass is 465 g/mol.